The number of rotatable bonds is 5. The summed E-state index contributed by atoms with van der Waals surface area (Å²) < 4.78 is 9.33. The van der Waals surface area contributed by atoms with Crippen molar-refractivity contribution >= 4 is 76.1 Å². The third-order valence-corrected chi connectivity index (χ3v) is 12.4. The first kappa shape index (κ1) is 34.5. The molecule has 0 aliphatic rings. The minimum Gasteiger partial charge on any atom is -0.455 e. The summed E-state index contributed by atoms with van der Waals surface area (Å²) in [4.78, 5) is 15.3. The summed E-state index contributed by atoms with van der Waals surface area (Å²) in [5, 5.41) is 11.7. The molecule has 0 aliphatic heterocycles. The summed E-state index contributed by atoms with van der Waals surface area (Å²) >= 11 is 0. The third kappa shape index (κ3) is 5.38. The van der Waals surface area contributed by atoms with Crippen LogP contribution < -0.4 is 0 Å². The number of hydrogen-bond donors (Lipinski definition) is 0. The van der Waals surface area contributed by atoms with Crippen molar-refractivity contribution < 1.29 is 4.42 Å². The first-order valence-electron chi connectivity index (χ1n) is 20.9. The van der Waals surface area contributed by atoms with Gasteiger partial charge in [0.25, 0.3) is 0 Å². The molecule has 62 heavy (non-hydrogen) atoms. The quantitative estimate of drug-likeness (QED) is 0.174. The van der Waals surface area contributed by atoms with Crippen LogP contribution in [0.15, 0.2) is 211 Å². The van der Waals surface area contributed by atoms with E-state index in [1.54, 1.807) is 0 Å². The van der Waals surface area contributed by atoms with Crippen LogP contribution in [-0.2, 0) is 0 Å². The van der Waals surface area contributed by atoms with Crippen molar-refractivity contribution in [3.05, 3.63) is 206 Å². The van der Waals surface area contributed by atoms with E-state index in [1.807, 2.05) is 36.4 Å². The summed E-state index contributed by atoms with van der Waals surface area (Å²) in [5.41, 5.74) is 9.95. The van der Waals surface area contributed by atoms with E-state index in [9.17, 15) is 0 Å². The van der Waals surface area contributed by atoms with Crippen molar-refractivity contribution in [3.8, 4) is 51.0 Å². The van der Waals surface area contributed by atoms with Gasteiger partial charge in [0, 0.05) is 43.7 Å². The lowest BCUT2D eigenvalue weighted by molar-refractivity contribution is 0.670. The monoisotopic (exact) mass is 790 g/mol. The van der Waals surface area contributed by atoms with Gasteiger partial charge in [-0.3, -0.25) is 0 Å². The molecule has 0 amide bonds. The lowest BCUT2D eigenvalue weighted by atomic mass is 10.0. The van der Waals surface area contributed by atoms with Gasteiger partial charge in [-0.2, -0.15) is 0 Å². The smallest absolute Gasteiger partial charge is 0.167 e. The lowest BCUT2D eigenvalue weighted by Gasteiger charge is -2.12. The maximum absolute atomic E-state index is 6.87. The highest BCUT2D eigenvalue weighted by atomic mass is 16.3. The molecule has 0 saturated carbocycles. The fourth-order valence-electron chi connectivity index (χ4n) is 9.43. The molecule has 288 valence electrons. The van der Waals surface area contributed by atoms with Gasteiger partial charge >= 0.3 is 0 Å². The molecule has 3 heterocycles. The van der Waals surface area contributed by atoms with Gasteiger partial charge in [-0.05, 0) is 74.5 Å². The molecule has 0 bridgehead atoms. The second kappa shape index (κ2) is 13.6. The molecule has 0 atom stereocenters. The lowest BCUT2D eigenvalue weighted by Crippen LogP contribution is -2.00. The van der Waals surface area contributed by atoms with Crippen LogP contribution >= 0.6 is 0 Å². The molecule has 0 radical (unpaired) electrons. The topological polar surface area (TPSA) is 56.7 Å². The van der Waals surface area contributed by atoms with E-state index >= 15 is 0 Å². The highest BCUT2D eigenvalue weighted by Crippen LogP contribution is 2.42. The Morgan fingerprint density at radius 1 is 0.355 bits per heavy atom. The first-order chi connectivity index (χ1) is 30.7. The standard InChI is InChI=1S/C57H34N4O/c1-3-12-35(13-4-1)36-22-24-40(25-23-36)56-58-55(39-15-5-2-6-16-39)59-57(60-56)47-21-11-20-46-52-48-34-43(29-26-38(48)28-31-51(52)62-54(46)47)61-50-33-42-18-8-7-17-41(42)32-49(50)45-30-27-37-14-9-10-19-44(37)53(45)61/h1-34H. The van der Waals surface area contributed by atoms with Gasteiger partial charge in [0.2, 0.25) is 0 Å². The van der Waals surface area contributed by atoms with E-state index in [0.29, 0.717) is 17.5 Å². The van der Waals surface area contributed by atoms with Gasteiger partial charge in [-0.15, -0.1) is 0 Å². The normalized spacial score (nSPS) is 11.9. The van der Waals surface area contributed by atoms with Crippen molar-refractivity contribution in [1.82, 2.24) is 19.5 Å². The number of hydrogen-bond acceptors (Lipinski definition) is 4. The molecule has 3 aromatic heterocycles. The molecule has 10 aromatic carbocycles. The fourth-order valence-corrected chi connectivity index (χ4v) is 9.43. The summed E-state index contributed by atoms with van der Waals surface area (Å²) in [6, 6.07) is 72.8. The maximum atomic E-state index is 6.87. The van der Waals surface area contributed by atoms with Crippen LogP contribution in [0.2, 0.25) is 0 Å². The molecule has 0 aliphatic carbocycles. The SMILES string of the molecule is c1ccc(-c2ccc(-c3nc(-c4ccccc4)nc(-c4cccc5c4oc4ccc6ccc(-n7c8cc9ccccc9cc8c8ccc9ccccc9c87)cc6c45)n3)cc2)cc1. The van der Waals surface area contributed by atoms with Gasteiger partial charge in [0.1, 0.15) is 11.2 Å². The van der Waals surface area contributed by atoms with E-state index in [2.05, 4.69) is 174 Å². The molecule has 0 N–H and O–H groups in total. The van der Waals surface area contributed by atoms with Crippen LogP contribution in [-0.4, -0.2) is 19.5 Å². The summed E-state index contributed by atoms with van der Waals surface area (Å²) in [6.07, 6.45) is 0. The maximum Gasteiger partial charge on any atom is 0.167 e. The van der Waals surface area contributed by atoms with E-state index in [1.165, 1.54) is 43.4 Å². The number of furan rings is 1. The molecule has 0 unspecified atom stereocenters. The number of para-hydroxylation sites is 1. The minimum absolute atomic E-state index is 0.556. The average molecular weight is 791 g/mol. The van der Waals surface area contributed by atoms with Crippen molar-refractivity contribution in [2.45, 2.75) is 0 Å². The van der Waals surface area contributed by atoms with Crippen molar-refractivity contribution in [3.63, 3.8) is 0 Å². The molecule has 0 saturated heterocycles. The van der Waals surface area contributed by atoms with Gasteiger partial charge in [0.05, 0.1) is 16.6 Å². The van der Waals surface area contributed by atoms with Gasteiger partial charge < -0.3 is 8.98 Å². The summed E-state index contributed by atoms with van der Waals surface area (Å²) in [6.45, 7) is 0. The zero-order valence-electron chi connectivity index (χ0n) is 33.3. The zero-order chi connectivity index (χ0) is 40.7. The van der Waals surface area contributed by atoms with Crippen LogP contribution in [0.4, 0.5) is 0 Å². The number of aromatic nitrogens is 4. The molecule has 13 rings (SSSR count). The van der Waals surface area contributed by atoms with Crippen LogP contribution in [0.25, 0.3) is 127 Å². The predicted octanol–water partition coefficient (Wildman–Crippen LogP) is 15.0. The molecule has 5 nitrogen and oxygen atoms in total. The van der Waals surface area contributed by atoms with Crippen LogP contribution in [0.3, 0.4) is 0 Å². The van der Waals surface area contributed by atoms with E-state index in [4.69, 9.17) is 19.4 Å². The van der Waals surface area contributed by atoms with Gasteiger partial charge in [0.15, 0.2) is 17.5 Å². The van der Waals surface area contributed by atoms with Gasteiger partial charge in [-0.25, -0.2) is 15.0 Å². The molecule has 0 fully saturated rings. The Balaban J connectivity index is 1.02. The Hall–Kier alpha value is -8.41. The zero-order valence-corrected chi connectivity index (χ0v) is 33.3. The third-order valence-electron chi connectivity index (χ3n) is 12.4. The van der Waals surface area contributed by atoms with Crippen LogP contribution in [0.1, 0.15) is 0 Å². The minimum atomic E-state index is 0.556. The van der Waals surface area contributed by atoms with E-state index < -0.39 is 0 Å². The van der Waals surface area contributed by atoms with Crippen LogP contribution in [0, 0.1) is 0 Å². The summed E-state index contributed by atoms with van der Waals surface area (Å²) in [7, 11) is 0. The molecular formula is C57H34N4O. The molecule has 0 spiro atoms. The first-order valence-corrected chi connectivity index (χ1v) is 20.9. The number of benzene rings is 10. The highest BCUT2D eigenvalue weighted by Gasteiger charge is 2.21. The second-order valence-electron chi connectivity index (χ2n) is 16.0. The van der Waals surface area contributed by atoms with E-state index in [-0.39, 0.29) is 0 Å². The average Bonchev–Trinajstić information content (AvgIpc) is 3.89. The Bertz CT molecular complexity index is 3910. The van der Waals surface area contributed by atoms with E-state index in [0.717, 1.165) is 66.2 Å². The van der Waals surface area contributed by atoms with Crippen molar-refractivity contribution in [2.75, 3.05) is 0 Å². The summed E-state index contributed by atoms with van der Waals surface area (Å²) in [5.74, 6) is 1.76. The molecular weight excluding hydrogens is 757 g/mol. The number of nitrogens with zero attached hydrogens (tertiary/aromatic N) is 4. The fraction of sp³-hybridized carbons (Fsp3) is 0. The highest BCUT2D eigenvalue weighted by molar-refractivity contribution is 6.23. The largest absolute Gasteiger partial charge is 0.455 e. The Morgan fingerprint density at radius 3 is 1.73 bits per heavy atom. The molecule has 5 heteroatoms. The van der Waals surface area contributed by atoms with Crippen LogP contribution in [0.5, 0.6) is 0 Å². The second-order valence-corrected chi connectivity index (χ2v) is 16.0. The Labute approximate surface area is 355 Å². The predicted molar refractivity (Wildman–Crippen MR) is 256 cm³/mol. The molecule has 13 aromatic rings. The Kier molecular flexibility index (Phi) is 7.54. The van der Waals surface area contributed by atoms with Crippen molar-refractivity contribution in [2.24, 2.45) is 0 Å². The van der Waals surface area contributed by atoms with Crippen molar-refractivity contribution in [1.29, 1.82) is 0 Å². The Morgan fingerprint density at radius 2 is 0.935 bits per heavy atom. The number of fused-ring (bicyclic) bond motifs is 11. The van der Waals surface area contributed by atoms with Gasteiger partial charge in [-0.1, -0.05) is 170 Å².